The van der Waals surface area contributed by atoms with E-state index in [-0.39, 0.29) is 30.3 Å². The molecule has 5 heteroatoms. The topological polar surface area (TPSA) is 63.4 Å². The summed E-state index contributed by atoms with van der Waals surface area (Å²) in [6.45, 7) is 0. The van der Waals surface area contributed by atoms with Gasteiger partial charge in [-0.1, -0.05) is 0 Å². The van der Waals surface area contributed by atoms with Gasteiger partial charge in [0.1, 0.15) is 5.75 Å². The van der Waals surface area contributed by atoms with Crippen molar-refractivity contribution in [3.8, 4) is 5.75 Å². The molecular formula is C6H5LiNO3+. The molecule has 0 aliphatic carbocycles. The molecule has 1 aromatic rings. The van der Waals surface area contributed by atoms with Gasteiger partial charge in [-0.25, -0.2) is 0 Å². The second-order valence-electron chi connectivity index (χ2n) is 1.77. The summed E-state index contributed by atoms with van der Waals surface area (Å²) in [5.41, 5.74) is -0.0159. The number of nitro groups is 1. The minimum absolute atomic E-state index is 0. The third-order valence-electron chi connectivity index (χ3n) is 1.06. The SMILES string of the molecule is O=[N+]([O-])c1ccc(O)cc1.[Li+]. The molecule has 0 saturated heterocycles. The first-order valence-electron chi connectivity index (χ1n) is 2.63. The molecule has 52 valence electrons. The van der Waals surface area contributed by atoms with Crippen LogP contribution in [0.3, 0.4) is 0 Å². The van der Waals surface area contributed by atoms with Crippen LogP contribution in [0.25, 0.3) is 0 Å². The number of benzene rings is 1. The Morgan fingerprint density at radius 3 is 2.09 bits per heavy atom. The summed E-state index contributed by atoms with van der Waals surface area (Å²) in [6.07, 6.45) is 0. The van der Waals surface area contributed by atoms with Crippen molar-refractivity contribution in [1.82, 2.24) is 0 Å². The summed E-state index contributed by atoms with van der Waals surface area (Å²) in [4.78, 5) is 9.52. The number of hydrogen-bond acceptors (Lipinski definition) is 3. The van der Waals surface area contributed by atoms with Crippen LogP contribution < -0.4 is 18.9 Å². The van der Waals surface area contributed by atoms with Gasteiger partial charge in [0, 0.05) is 12.1 Å². The van der Waals surface area contributed by atoms with Gasteiger partial charge in [-0.2, -0.15) is 0 Å². The fourth-order valence-electron chi connectivity index (χ4n) is 0.574. The van der Waals surface area contributed by atoms with Gasteiger partial charge in [0.25, 0.3) is 5.69 Å². The first-order valence-corrected chi connectivity index (χ1v) is 2.63. The van der Waals surface area contributed by atoms with Gasteiger partial charge < -0.3 is 5.11 Å². The van der Waals surface area contributed by atoms with E-state index in [2.05, 4.69) is 0 Å². The van der Waals surface area contributed by atoms with Gasteiger partial charge in [0.05, 0.1) is 4.92 Å². The molecular weight excluding hydrogens is 141 g/mol. The van der Waals surface area contributed by atoms with E-state index < -0.39 is 4.92 Å². The molecule has 0 saturated carbocycles. The Labute approximate surface area is 75.2 Å². The van der Waals surface area contributed by atoms with Gasteiger partial charge in [-0.05, 0) is 12.1 Å². The molecule has 0 spiro atoms. The van der Waals surface area contributed by atoms with Crippen molar-refractivity contribution in [2.45, 2.75) is 0 Å². The predicted molar refractivity (Wildman–Crippen MR) is 34.8 cm³/mol. The molecule has 0 aromatic heterocycles. The zero-order chi connectivity index (χ0) is 7.56. The number of phenols is 1. The Bertz CT molecular complexity index is 247. The average Bonchev–Trinajstić information content (AvgIpc) is 1.88. The van der Waals surface area contributed by atoms with Crippen LogP contribution >= 0.6 is 0 Å². The molecule has 4 nitrogen and oxygen atoms in total. The zero-order valence-electron chi connectivity index (χ0n) is 6.02. The van der Waals surface area contributed by atoms with E-state index in [0.29, 0.717) is 0 Å². The molecule has 1 N–H and O–H groups in total. The van der Waals surface area contributed by atoms with E-state index in [1.54, 1.807) is 0 Å². The molecule has 0 heterocycles. The van der Waals surface area contributed by atoms with Crippen molar-refractivity contribution >= 4 is 5.69 Å². The third-order valence-corrected chi connectivity index (χ3v) is 1.06. The van der Waals surface area contributed by atoms with Crippen molar-refractivity contribution in [2.24, 2.45) is 0 Å². The van der Waals surface area contributed by atoms with Gasteiger partial charge in [-0.3, -0.25) is 10.1 Å². The Kier molecular flexibility index (Phi) is 3.66. The van der Waals surface area contributed by atoms with Gasteiger partial charge in [0.2, 0.25) is 0 Å². The van der Waals surface area contributed by atoms with E-state index in [4.69, 9.17) is 5.11 Å². The fourth-order valence-corrected chi connectivity index (χ4v) is 0.574. The number of non-ortho nitro benzene ring substituents is 1. The van der Waals surface area contributed by atoms with Crippen molar-refractivity contribution < 1.29 is 28.9 Å². The maximum Gasteiger partial charge on any atom is 1.00 e. The first-order chi connectivity index (χ1) is 4.70. The molecule has 0 radical (unpaired) electrons. The van der Waals surface area contributed by atoms with Gasteiger partial charge >= 0.3 is 18.9 Å². The summed E-state index contributed by atoms with van der Waals surface area (Å²) in [5.74, 6) is 0.0330. The number of rotatable bonds is 1. The normalized spacial score (nSPS) is 8.36. The standard InChI is InChI=1S/C6H5NO3.Li/c8-6-3-1-5(2-4-6)7(9)10;/h1-4,8H;/q;+1. The Morgan fingerprint density at radius 2 is 1.73 bits per heavy atom. The van der Waals surface area contributed by atoms with Crippen molar-refractivity contribution in [3.05, 3.63) is 34.4 Å². The van der Waals surface area contributed by atoms with E-state index in [0.717, 1.165) is 0 Å². The largest absolute Gasteiger partial charge is 1.00 e. The average molecular weight is 146 g/mol. The number of hydrogen-bond donors (Lipinski definition) is 1. The van der Waals surface area contributed by atoms with E-state index in [1.165, 1.54) is 24.3 Å². The van der Waals surface area contributed by atoms with Crippen molar-refractivity contribution in [2.75, 3.05) is 0 Å². The van der Waals surface area contributed by atoms with Crippen molar-refractivity contribution in [3.63, 3.8) is 0 Å². The maximum absolute atomic E-state index is 10.0. The first kappa shape index (κ1) is 10.0. The molecule has 0 bridgehead atoms. The maximum atomic E-state index is 10.0. The Hall–Kier alpha value is -0.983. The fraction of sp³-hybridized carbons (Fsp3) is 0. The summed E-state index contributed by atoms with van der Waals surface area (Å²) < 4.78 is 0. The predicted octanol–water partition coefficient (Wildman–Crippen LogP) is -1.70. The Morgan fingerprint density at radius 1 is 1.27 bits per heavy atom. The molecule has 1 rings (SSSR count). The van der Waals surface area contributed by atoms with Crippen molar-refractivity contribution in [1.29, 1.82) is 0 Å². The minimum Gasteiger partial charge on any atom is -0.508 e. The van der Waals surface area contributed by atoms with Gasteiger partial charge in [-0.15, -0.1) is 0 Å². The molecule has 11 heavy (non-hydrogen) atoms. The van der Waals surface area contributed by atoms with Crippen LogP contribution in [-0.4, -0.2) is 10.0 Å². The van der Waals surface area contributed by atoms with Gasteiger partial charge in [0.15, 0.2) is 0 Å². The molecule has 0 aliphatic heterocycles. The smallest absolute Gasteiger partial charge is 0.508 e. The van der Waals surface area contributed by atoms with E-state index >= 15 is 0 Å². The number of nitro benzene ring substituents is 1. The minimum atomic E-state index is -0.514. The quantitative estimate of drug-likeness (QED) is 0.292. The summed E-state index contributed by atoms with van der Waals surface area (Å²) >= 11 is 0. The molecule has 0 atom stereocenters. The summed E-state index contributed by atoms with van der Waals surface area (Å²) in [6, 6.07) is 5.04. The molecule has 0 unspecified atom stereocenters. The zero-order valence-corrected chi connectivity index (χ0v) is 6.02. The number of aromatic hydroxyl groups is 1. The molecule has 0 fully saturated rings. The van der Waals surface area contributed by atoms with Crippen LogP contribution in [0.15, 0.2) is 24.3 Å². The monoisotopic (exact) mass is 146 g/mol. The van der Waals surface area contributed by atoms with Crippen LogP contribution in [-0.2, 0) is 0 Å². The molecule has 0 aliphatic rings. The third kappa shape index (κ3) is 2.62. The summed E-state index contributed by atoms with van der Waals surface area (Å²) in [7, 11) is 0. The summed E-state index contributed by atoms with van der Waals surface area (Å²) in [5, 5.41) is 18.8. The number of nitrogens with zero attached hydrogens (tertiary/aromatic N) is 1. The Balaban J connectivity index is 0.000001000. The molecule has 1 aromatic carbocycles. The van der Waals surface area contributed by atoms with Crippen LogP contribution in [0.1, 0.15) is 0 Å². The van der Waals surface area contributed by atoms with E-state index in [9.17, 15) is 10.1 Å². The van der Waals surface area contributed by atoms with Crippen LogP contribution in [0.4, 0.5) is 5.69 Å². The van der Waals surface area contributed by atoms with Crippen LogP contribution in [0.2, 0.25) is 0 Å². The van der Waals surface area contributed by atoms with Crippen LogP contribution in [0, 0.1) is 10.1 Å². The van der Waals surface area contributed by atoms with E-state index in [1.807, 2.05) is 0 Å². The number of phenolic OH excluding ortho intramolecular Hbond substituents is 1. The second kappa shape index (κ2) is 4.01. The second-order valence-corrected chi connectivity index (χ2v) is 1.77. The molecule has 0 amide bonds. The van der Waals surface area contributed by atoms with Crippen LogP contribution in [0.5, 0.6) is 5.75 Å².